The van der Waals surface area contributed by atoms with Gasteiger partial charge in [-0.05, 0) is 23.2 Å². The summed E-state index contributed by atoms with van der Waals surface area (Å²) in [5.74, 6) is 0. The zero-order chi connectivity index (χ0) is 37.3. The van der Waals surface area contributed by atoms with Crippen LogP contribution in [-0.4, -0.2) is 108 Å². The fourth-order valence-electron chi connectivity index (χ4n) is 5.90. The third-order valence-electron chi connectivity index (χ3n) is 10.9. The van der Waals surface area contributed by atoms with Crippen LogP contribution >= 0.6 is 11.8 Å². The van der Waals surface area contributed by atoms with E-state index in [-0.39, 0.29) is 0 Å². The number of thioether (sulfide) groups is 1. The maximum Gasteiger partial charge on any atom is 0.330 e. The smallest absolute Gasteiger partial charge is 0.330 e. The molecule has 0 amide bonds. The molecule has 276 valence electrons. The van der Waals surface area contributed by atoms with Gasteiger partial charge in [0.25, 0.3) is 11.1 Å². The van der Waals surface area contributed by atoms with Gasteiger partial charge in [0.2, 0.25) is 0 Å². The van der Waals surface area contributed by atoms with E-state index >= 15 is 0 Å². The zero-order valence-electron chi connectivity index (χ0n) is 29.5. The summed E-state index contributed by atoms with van der Waals surface area (Å²) in [6, 6.07) is 2.12. The lowest BCUT2D eigenvalue weighted by atomic mass is 10.1. The molecule has 4 heterocycles. The Kier molecular flexibility index (Phi) is 10.6. The Morgan fingerprint density at radius 2 is 1.43 bits per heavy atom. The number of nitrogens with one attached hydrogen (secondary N) is 2. The van der Waals surface area contributed by atoms with E-state index in [0.29, 0.717) is 11.8 Å². The minimum atomic E-state index is -3.14. The molecule has 4 rings (SSSR count). The minimum Gasteiger partial charge on any atom is -0.408 e. The summed E-state index contributed by atoms with van der Waals surface area (Å²) in [7, 11) is -5.97. The minimum absolute atomic E-state index is 0.373. The molecule has 2 aromatic heterocycles. The number of H-pyrrole nitrogens is 2. The molecule has 2 saturated heterocycles. The number of nitrogens with zero attached hydrogens (tertiary/aromatic N) is 2. The average Bonchev–Trinajstić information content (AvgIpc) is 3.38. The van der Waals surface area contributed by atoms with Crippen LogP contribution < -0.4 is 22.5 Å². The van der Waals surface area contributed by atoms with Gasteiger partial charge in [-0.15, -0.1) is 0 Å². The molecular weight excluding hydrogens is 697 g/mol. The molecule has 0 aromatic carbocycles. The van der Waals surface area contributed by atoms with E-state index in [0.717, 1.165) is 27.5 Å². The van der Waals surface area contributed by atoms with Crippen molar-refractivity contribution in [3.8, 4) is 0 Å². The van der Waals surface area contributed by atoms with E-state index in [2.05, 4.69) is 4.98 Å². The van der Waals surface area contributed by atoms with Gasteiger partial charge in [-0.25, -0.2) is 9.59 Å². The highest BCUT2D eigenvalue weighted by Crippen LogP contribution is 2.57. The van der Waals surface area contributed by atoms with Gasteiger partial charge in [0.05, 0.1) is 14.7 Å². The van der Waals surface area contributed by atoms with Crippen LogP contribution in [0.5, 0.6) is 0 Å². The molecule has 16 nitrogen and oxygen atoms in total. The van der Waals surface area contributed by atoms with E-state index in [1.165, 1.54) is 6.20 Å². The summed E-state index contributed by atoms with van der Waals surface area (Å²) in [6.45, 7) is 18.7. The van der Waals surface area contributed by atoms with Gasteiger partial charge in [0, 0.05) is 24.5 Å². The number of rotatable bonds is 9. The molecule has 2 fully saturated rings. The van der Waals surface area contributed by atoms with Gasteiger partial charge < -0.3 is 39.4 Å². The van der Waals surface area contributed by atoms with Crippen molar-refractivity contribution in [2.45, 2.75) is 130 Å². The maximum absolute atomic E-state index is 13.3. The first-order valence-electron chi connectivity index (χ1n) is 16.0. The molecule has 2 aliphatic heterocycles. The third-order valence-corrected chi connectivity index (χ3v) is 23.1. The summed E-state index contributed by atoms with van der Waals surface area (Å²) >= 11 is 0.373. The Morgan fingerprint density at radius 3 is 1.88 bits per heavy atom. The summed E-state index contributed by atoms with van der Waals surface area (Å²) in [5.41, 5.74) is -4.99. The number of aliphatic hydroxyl groups excluding tert-OH is 3. The van der Waals surface area contributed by atoms with Crippen LogP contribution in [0.4, 0.5) is 0 Å². The van der Waals surface area contributed by atoms with Crippen LogP contribution in [0.25, 0.3) is 0 Å². The van der Waals surface area contributed by atoms with Gasteiger partial charge in [-0.3, -0.25) is 28.7 Å². The Bertz CT molecular complexity index is 1760. The van der Waals surface area contributed by atoms with Crippen LogP contribution in [0.15, 0.2) is 43.7 Å². The molecule has 2 aliphatic rings. The van der Waals surface area contributed by atoms with E-state index in [1.807, 2.05) is 72.7 Å². The van der Waals surface area contributed by atoms with Crippen molar-refractivity contribution >= 4 is 28.2 Å². The first-order valence-corrected chi connectivity index (χ1v) is 22.7. The Morgan fingerprint density at radius 1 is 0.918 bits per heavy atom. The number of aromatic amines is 2. The van der Waals surface area contributed by atoms with Gasteiger partial charge in [0.15, 0.2) is 25.7 Å². The molecule has 0 aliphatic carbocycles. The molecule has 9 atom stereocenters. The van der Waals surface area contributed by atoms with Crippen molar-refractivity contribution < 1.29 is 39.4 Å². The highest BCUT2D eigenvalue weighted by Gasteiger charge is 2.71. The number of aromatic nitrogens is 4. The Labute approximate surface area is 289 Å². The van der Waals surface area contributed by atoms with Gasteiger partial charge in [-0.1, -0.05) is 66.4 Å². The molecular formula is C30H50N4O12SSi2. The fourth-order valence-corrected chi connectivity index (χ4v) is 11.5. The largest absolute Gasteiger partial charge is 0.408 e. The second-order valence-corrected chi connectivity index (χ2v) is 27.6. The van der Waals surface area contributed by atoms with Gasteiger partial charge >= 0.3 is 11.4 Å². The Balaban J connectivity index is 1.88. The molecule has 19 heteroatoms. The molecule has 49 heavy (non-hydrogen) atoms. The zero-order valence-corrected chi connectivity index (χ0v) is 32.3. The first kappa shape index (κ1) is 39.6. The van der Waals surface area contributed by atoms with Crippen molar-refractivity contribution in [2.24, 2.45) is 0 Å². The highest BCUT2D eigenvalue weighted by molar-refractivity contribution is 8.01. The monoisotopic (exact) mass is 746 g/mol. The molecule has 2 aromatic rings. The van der Waals surface area contributed by atoms with Crippen molar-refractivity contribution in [3.05, 3.63) is 66.2 Å². The van der Waals surface area contributed by atoms with E-state index in [1.54, 1.807) is 0 Å². The lowest BCUT2D eigenvalue weighted by molar-refractivity contribution is -0.0774. The SMILES string of the molecule is CC(C)(C)[Si](C)(C)O[C@@H]1[C@@H](C(O)S[C@@]2(O)[C@@H](CO)O[C@@H](n3ccc(=O)[nH]c3=O)[C@@H]2O)O[C@@H](n2ccc(=O)[nH]c2=O)[C@@]1(O)[Si](C)(C)C(C)(C)C. The molecule has 1 unspecified atom stereocenters. The van der Waals surface area contributed by atoms with Crippen molar-refractivity contribution in [2.75, 3.05) is 6.61 Å². The second-order valence-electron chi connectivity index (χ2n) is 15.9. The maximum atomic E-state index is 13.3. The van der Waals surface area contributed by atoms with E-state index < -0.39 is 108 Å². The van der Waals surface area contributed by atoms with Crippen LogP contribution in [0.2, 0.25) is 36.3 Å². The lowest BCUT2D eigenvalue weighted by Crippen LogP contribution is -2.70. The molecule has 0 radical (unpaired) electrons. The molecule has 7 N–H and O–H groups in total. The number of ether oxygens (including phenoxy) is 2. The normalized spacial score (nSPS) is 32.1. The summed E-state index contributed by atoms with van der Waals surface area (Å²) in [6.07, 6.45) is -7.06. The number of aliphatic hydroxyl groups is 5. The molecule has 0 spiro atoms. The molecule has 0 saturated carbocycles. The standard InChI is InChI=1S/C30H50N4O12SSi2/c1-27(2,3)48(7,8)30(43)21(46-49(9,10)28(4,5)6)19(45-24(30)34-14-12-18(37)32-26(34)41)23(39)47-29(42)16(15-35)44-22(20(29)38)33-13-11-17(36)31-25(33)40/h11-14,16,19-24,35,38-39,42-43H,15H2,1-10H3,(H,31,36,40)(H,32,37,41)/t16-,19+,20+,21-,22-,23?,24-,29+,30+/m1/s1. The lowest BCUT2D eigenvalue weighted by Gasteiger charge is -2.53. The first-order chi connectivity index (χ1) is 22.2. The number of hydrogen-bond donors (Lipinski definition) is 7. The Hall–Kier alpha value is -2.18. The quantitative estimate of drug-likeness (QED) is 0.134. The van der Waals surface area contributed by atoms with Crippen molar-refractivity contribution in [1.82, 2.24) is 19.1 Å². The predicted octanol–water partition coefficient (Wildman–Crippen LogP) is 0.144. The van der Waals surface area contributed by atoms with E-state index in [4.69, 9.17) is 13.9 Å². The summed E-state index contributed by atoms with van der Waals surface area (Å²) in [4.78, 5) is 51.3. The molecule has 0 bridgehead atoms. The van der Waals surface area contributed by atoms with Crippen LogP contribution in [0.1, 0.15) is 54.0 Å². The van der Waals surface area contributed by atoms with Gasteiger partial charge in [0.1, 0.15) is 35.1 Å². The topological polar surface area (TPSA) is 239 Å². The average molecular weight is 747 g/mol. The van der Waals surface area contributed by atoms with Crippen LogP contribution in [-0.2, 0) is 13.9 Å². The fraction of sp³-hybridized carbons (Fsp3) is 0.733. The highest BCUT2D eigenvalue weighted by atomic mass is 32.2. The summed E-state index contributed by atoms with van der Waals surface area (Å²) in [5, 5.41) is 55.8. The van der Waals surface area contributed by atoms with Crippen LogP contribution in [0, 0.1) is 0 Å². The predicted molar refractivity (Wildman–Crippen MR) is 186 cm³/mol. The third kappa shape index (κ3) is 6.67. The summed E-state index contributed by atoms with van der Waals surface area (Å²) < 4.78 is 21.0. The van der Waals surface area contributed by atoms with Crippen molar-refractivity contribution in [1.29, 1.82) is 0 Å². The van der Waals surface area contributed by atoms with Crippen LogP contribution in [0.3, 0.4) is 0 Å². The number of hydrogen-bond acceptors (Lipinski definition) is 13. The van der Waals surface area contributed by atoms with Crippen molar-refractivity contribution in [3.63, 3.8) is 0 Å². The van der Waals surface area contributed by atoms with Gasteiger partial charge in [-0.2, -0.15) is 0 Å². The second kappa shape index (κ2) is 13.1. The van der Waals surface area contributed by atoms with E-state index in [9.17, 15) is 44.7 Å².